The van der Waals surface area contributed by atoms with Gasteiger partial charge >= 0.3 is 0 Å². The Kier molecular flexibility index (Phi) is 4.02. The quantitative estimate of drug-likeness (QED) is 0.862. The highest BCUT2D eigenvalue weighted by Crippen LogP contribution is 2.35. The van der Waals surface area contributed by atoms with Crippen molar-refractivity contribution in [1.82, 2.24) is 9.88 Å². The molecule has 2 heterocycles. The maximum atomic E-state index is 5.92. The molecule has 0 fully saturated rings. The number of hydrogen-bond acceptors (Lipinski definition) is 3. The van der Waals surface area contributed by atoms with E-state index in [0.29, 0.717) is 6.61 Å². The molecule has 1 aliphatic rings. The second-order valence-electron chi connectivity index (χ2n) is 5.51. The van der Waals surface area contributed by atoms with Gasteiger partial charge in [-0.3, -0.25) is 4.98 Å². The Morgan fingerprint density at radius 1 is 1.19 bits per heavy atom. The van der Waals surface area contributed by atoms with Gasteiger partial charge in [-0.05, 0) is 43.8 Å². The minimum Gasteiger partial charge on any atom is -0.487 e. The van der Waals surface area contributed by atoms with Crippen molar-refractivity contribution >= 4 is 5.57 Å². The van der Waals surface area contributed by atoms with Crippen LogP contribution in [-0.2, 0) is 6.61 Å². The topological polar surface area (TPSA) is 25.4 Å². The van der Waals surface area contributed by atoms with E-state index in [4.69, 9.17) is 4.74 Å². The van der Waals surface area contributed by atoms with Crippen LogP contribution in [0.15, 0.2) is 48.7 Å². The summed E-state index contributed by atoms with van der Waals surface area (Å²) in [7, 11) is 4.18. The number of rotatable bonds is 3. The Bertz CT molecular complexity index is 612. The smallest absolute Gasteiger partial charge is 0.146 e. The van der Waals surface area contributed by atoms with Gasteiger partial charge in [-0.15, -0.1) is 0 Å². The second-order valence-corrected chi connectivity index (χ2v) is 5.51. The third-order valence-electron chi connectivity index (χ3n) is 3.64. The number of hydrogen-bond donors (Lipinski definition) is 0. The predicted octanol–water partition coefficient (Wildman–Crippen LogP) is 3.36. The zero-order chi connectivity index (χ0) is 14.7. The van der Waals surface area contributed by atoms with Crippen LogP contribution in [-0.4, -0.2) is 30.5 Å². The lowest BCUT2D eigenvalue weighted by atomic mass is 9.96. The summed E-state index contributed by atoms with van der Waals surface area (Å²) in [5.41, 5.74) is 4.57. The molecule has 3 rings (SSSR count). The van der Waals surface area contributed by atoms with E-state index in [-0.39, 0.29) is 0 Å². The monoisotopic (exact) mass is 280 g/mol. The summed E-state index contributed by atoms with van der Waals surface area (Å²) in [6, 6.07) is 12.3. The highest BCUT2D eigenvalue weighted by molar-refractivity contribution is 5.82. The molecule has 2 aromatic rings. The van der Waals surface area contributed by atoms with Crippen molar-refractivity contribution in [1.29, 1.82) is 0 Å². The van der Waals surface area contributed by atoms with Gasteiger partial charge in [-0.25, -0.2) is 0 Å². The fraction of sp³-hybridized carbons (Fsp3) is 0.278. The first-order valence-electron chi connectivity index (χ1n) is 7.27. The molecular formula is C18H20N2O. The summed E-state index contributed by atoms with van der Waals surface area (Å²) in [5, 5.41) is 0. The normalized spacial score (nSPS) is 15.3. The first-order valence-corrected chi connectivity index (χ1v) is 7.27. The standard InChI is InChI=1S/C18H20N2O/c1-20(2)12-6-9-16-15-8-4-3-7-14(15)13-21-17-10-5-11-19-18(16)17/h3-5,7-11H,6,12-13H2,1-2H3/b16-9-. The van der Waals surface area contributed by atoms with Gasteiger partial charge in [-0.2, -0.15) is 0 Å². The molecule has 108 valence electrons. The van der Waals surface area contributed by atoms with Gasteiger partial charge in [0.05, 0.1) is 0 Å². The van der Waals surface area contributed by atoms with Crippen molar-refractivity contribution in [3.8, 4) is 5.75 Å². The van der Waals surface area contributed by atoms with Crippen LogP contribution in [0, 0.1) is 0 Å². The first kappa shape index (κ1) is 13.8. The molecule has 0 saturated heterocycles. The average molecular weight is 280 g/mol. The van der Waals surface area contributed by atoms with Crippen LogP contribution in [0.5, 0.6) is 5.75 Å². The molecule has 0 atom stereocenters. The number of pyridine rings is 1. The maximum absolute atomic E-state index is 5.92. The number of nitrogens with zero attached hydrogens (tertiary/aromatic N) is 2. The lowest BCUT2D eigenvalue weighted by Crippen LogP contribution is -2.12. The molecule has 21 heavy (non-hydrogen) atoms. The summed E-state index contributed by atoms with van der Waals surface area (Å²) < 4.78 is 5.92. The van der Waals surface area contributed by atoms with Crippen molar-refractivity contribution in [2.45, 2.75) is 13.0 Å². The Hall–Kier alpha value is -2.13. The molecule has 0 unspecified atom stereocenters. The first-order chi connectivity index (χ1) is 10.3. The highest BCUT2D eigenvalue weighted by atomic mass is 16.5. The van der Waals surface area contributed by atoms with Crippen molar-refractivity contribution in [2.24, 2.45) is 0 Å². The van der Waals surface area contributed by atoms with E-state index >= 15 is 0 Å². The van der Waals surface area contributed by atoms with Gasteiger partial charge in [0.2, 0.25) is 0 Å². The van der Waals surface area contributed by atoms with Gasteiger partial charge in [0.15, 0.2) is 0 Å². The van der Waals surface area contributed by atoms with Gasteiger partial charge < -0.3 is 9.64 Å². The van der Waals surface area contributed by atoms with Gasteiger partial charge in [-0.1, -0.05) is 30.3 Å². The summed E-state index contributed by atoms with van der Waals surface area (Å²) in [5.74, 6) is 0.866. The lowest BCUT2D eigenvalue weighted by Gasteiger charge is -2.11. The van der Waals surface area contributed by atoms with E-state index in [0.717, 1.165) is 24.4 Å². The Morgan fingerprint density at radius 2 is 2.05 bits per heavy atom. The minimum absolute atomic E-state index is 0.597. The van der Waals surface area contributed by atoms with E-state index in [1.165, 1.54) is 16.7 Å². The summed E-state index contributed by atoms with van der Waals surface area (Å²) in [6.07, 6.45) is 5.10. The van der Waals surface area contributed by atoms with Crippen LogP contribution in [0.2, 0.25) is 0 Å². The van der Waals surface area contributed by atoms with Crippen LogP contribution in [0.3, 0.4) is 0 Å². The number of benzene rings is 1. The molecule has 1 aromatic heterocycles. The van der Waals surface area contributed by atoms with E-state index in [1.807, 2.05) is 18.3 Å². The van der Waals surface area contributed by atoms with Crippen molar-refractivity contribution in [3.05, 3.63) is 65.5 Å². The molecule has 0 aliphatic carbocycles. The molecule has 0 amide bonds. The number of fused-ring (bicyclic) bond motifs is 2. The van der Waals surface area contributed by atoms with Crippen LogP contribution in [0.25, 0.3) is 5.57 Å². The maximum Gasteiger partial charge on any atom is 0.146 e. The Balaban J connectivity index is 2.07. The van der Waals surface area contributed by atoms with Crippen molar-refractivity contribution in [3.63, 3.8) is 0 Å². The van der Waals surface area contributed by atoms with Crippen molar-refractivity contribution < 1.29 is 4.74 Å². The zero-order valence-corrected chi connectivity index (χ0v) is 12.5. The van der Waals surface area contributed by atoms with Crippen LogP contribution >= 0.6 is 0 Å². The van der Waals surface area contributed by atoms with Crippen LogP contribution in [0.1, 0.15) is 23.2 Å². The number of aromatic nitrogens is 1. The summed E-state index contributed by atoms with van der Waals surface area (Å²) >= 11 is 0. The molecule has 3 heteroatoms. The third kappa shape index (κ3) is 2.98. The van der Waals surface area contributed by atoms with Crippen molar-refractivity contribution in [2.75, 3.05) is 20.6 Å². The van der Waals surface area contributed by atoms with E-state index in [2.05, 4.69) is 54.3 Å². The van der Waals surface area contributed by atoms with Gasteiger partial charge in [0.25, 0.3) is 0 Å². The summed E-state index contributed by atoms with van der Waals surface area (Å²) in [6.45, 7) is 1.62. The van der Waals surface area contributed by atoms with E-state index in [1.54, 1.807) is 0 Å². The van der Waals surface area contributed by atoms with Crippen LogP contribution < -0.4 is 4.74 Å². The molecule has 3 nitrogen and oxygen atoms in total. The molecule has 1 aliphatic heterocycles. The minimum atomic E-state index is 0.597. The molecule has 0 N–H and O–H groups in total. The van der Waals surface area contributed by atoms with Gasteiger partial charge in [0.1, 0.15) is 18.1 Å². The Labute approximate surface area is 125 Å². The molecule has 0 spiro atoms. The fourth-order valence-corrected chi connectivity index (χ4v) is 2.58. The third-order valence-corrected chi connectivity index (χ3v) is 3.64. The highest BCUT2D eigenvalue weighted by Gasteiger charge is 2.19. The largest absolute Gasteiger partial charge is 0.487 e. The summed E-state index contributed by atoms with van der Waals surface area (Å²) in [4.78, 5) is 6.74. The van der Waals surface area contributed by atoms with E-state index in [9.17, 15) is 0 Å². The predicted molar refractivity (Wildman–Crippen MR) is 85.3 cm³/mol. The molecule has 1 aromatic carbocycles. The fourth-order valence-electron chi connectivity index (χ4n) is 2.58. The SMILES string of the molecule is CN(C)CC/C=C1/c2ccccc2COc2cccnc21. The lowest BCUT2D eigenvalue weighted by molar-refractivity contribution is 0.306. The number of ether oxygens (including phenoxy) is 1. The zero-order valence-electron chi connectivity index (χ0n) is 12.5. The Morgan fingerprint density at radius 3 is 2.90 bits per heavy atom. The van der Waals surface area contributed by atoms with E-state index < -0.39 is 0 Å². The van der Waals surface area contributed by atoms with Crippen LogP contribution in [0.4, 0.5) is 0 Å². The molecule has 0 bridgehead atoms. The second kappa shape index (κ2) is 6.10. The molecule has 0 radical (unpaired) electrons. The van der Waals surface area contributed by atoms with Gasteiger partial charge in [0, 0.05) is 18.3 Å². The average Bonchev–Trinajstić information content (AvgIpc) is 2.65. The molecular weight excluding hydrogens is 260 g/mol. The molecule has 0 saturated carbocycles.